The standard InChI is InChI=1S/C29H40O11/c1-15(30)38-14-28-23(33)10-19(39-16(2)31)11-27(28,35)7-5-21-25(28)22(40-17(3)32)12-26(4)20(6-8-29(21,26)36)18-9-24(34)37-13-18/h9,19-23,25,33,35-36H,5-8,10-14H2,1-4H3/t19-,20+,21+,22+,23-,25+,26+,27+,28+,29+/m0/s1. The lowest BCUT2D eigenvalue weighted by atomic mass is 9.40. The molecule has 4 fully saturated rings. The van der Waals surface area contributed by atoms with E-state index < -0.39 is 76.1 Å². The summed E-state index contributed by atoms with van der Waals surface area (Å²) in [5.41, 5.74) is -4.43. The van der Waals surface area contributed by atoms with Crippen molar-refractivity contribution >= 4 is 23.9 Å². The summed E-state index contributed by atoms with van der Waals surface area (Å²) in [7, 11) is 0. The summed E-state index contributed by atoms with van der Waals surface area (Å²) < 4.78 is 22.1. The zero-order chi connectivity index (χ0) is 29.3. The highest BCUT2D eigenvalue weighted by Gasteiger charge is 2.76. The van der Waals surface area contributed by atoms with Gasteiger partial charge in [0.2, 0.25) is 0 Å². The third-order valence-corrected chi connectivity index (χ3v) is 10.9. The number of cyclic esters (lactones) is 1. The molecular weight excluding hydrogens is 524 g/mol. The SMILES string of the molecule is CC(=O)OC[C@@]12[C@@H]3[C@@H](CC[C@@]1(O)C[C@@H](OC(C)=O)C[C@@H]2O)[C@]1(O)CC[C@H](C2=CC(=O)OC2)[C@@]1(C)C[C@H]3OC(C)=O. The van der Waals surface area contributed by atoms with Crippen molar-refractivity contribution in [3.63, 3.8) is 0 Å². The van der Waals surface area contributed by atoms with Gasteiger partial charge in [-0.15, -0.1) is 0 Å². The van der Waals surface area contributed by atoms with Crippen molar-refractivity contribution in [3.8, 4) is 0 Å². The number of hydrogen-bond acceptors (Lipinski definition) is 11. The minimum absolute atomic E-state index is 0.00553. The molecular formula is C29H40O11. The monoisotopic (exact) mass is 564 g/mol. The maximum Gasteiger partial charge on any atom is 0.331 e. The normalized spacial score (nSPS) is 45.8. The van der Waals surface area contributed by atoms with Crippen LogP contribution in [-0.4, -0.2) is 81.9 Å². The quantitative estimate of drug-likeness (QED) is 0.326. The number of carbonyl (C=O) groups excluding carboxylic acids is 4. The van der Waals surface area contributed by atoms with Gasteiger partial charge in [-0.25, -0.2) is 4.79 Å². The van der Waals surface area contributed by atoms with Crippen molar-refractivity contribution in [1.29, 1.82) is 0 Å². The lowest BCUT2D eigenvalue weighted by Crippen LogP contribution is -2.76. The van der Waals surface area contributed by atoms with E-state index >= 15 is 0 Å². The molecule has 0 unspecified atom stereocenters. The first-order valence-electron chi connectivity index (χ1n) is 14.1. The number of carbonyl (C=O) groups is 4. The Bertz CT molecular complexity index is 1130. The molecule has 4 saturated carbocycles. The van der Waals surface area contributed by atoms with Gasteiger partial charge in [-0.1, -0.05) is 6.92 Å². The second-order valence-electron chi connectivity index (χ2n) is 12.8. The number of aliphatic hydroxyl groups excluding tert-OH is 1. The Morgan fingerprint density at radius 3 is 2.33 bits per heavy atom. The van der Waals surface area contributed by atoms with Gasteiger partial charge in [0.05, 0.1) is 22.7 Å². The van der Waals surface area contributed by atoms with Crippen LogP contribution in [-0.2, 0) is 38.1 Å². The summed E-state index contributed by atoms with van der Waals surface area (Å²) in [6.07, 6.45) is 0.267. The van der Waals surface area contributed by atoms with E-state index in [0.29, 0.717) is 19.3 Å². The number of esters is 4. The fourth-order valence-electron chi connectivity index (χ4n) is 9.47. The third kappa shape index (κ3) is 4.18. The van der Waals surface area contributed by atoms with Crippen LogP contribution in [0.3, 0.4) is 0 Å². The summed E-state index contributed by atoms with van der Waals surface area (Å²) in [5.74, 6) is -3.61. The van der Waals surface area contributed by atoms with Crippen molar-refractivity contribution in [2.24, 2.45) is 28.6 Å². The highest BCUT2D eigenvalue weighted by Crippen LogP contribution is 2.71. The second kappa shape index (κ2) is 9.80. The van der Waals surface area contributed by atoms with Crippen LogP contribution in [0.5, 0.6) is 0 Å². The second-order valence-corrected chi connectivity index (χ2v) is 12.8. The molecule has 0 aromatic carbocycles. The molecule has 11 heteroatoms. The van der Waals surface area contributed by atoms with Crippen LogP contribution in [0.4, 0.5) is 0 Å². The molecule has 40 heavy (non-hydrogen) atoms. The first kappa shape index (κ1) is 29.0. The molecule has 0 radical (unpaired) electrons. The Labute approximate surface area is 233 Å². The first-order valence-corrected chi connectivity index (χ1v) is 14.1. The molecule has 4 aliphatic carbocycles. The molecule has 0 aromatic rings. The van der Waals surface area contributed by atoms with Crippen molar-refractivity contribution < 1.29 is 53.4 Å². The lowest BCUT2D eigenvalue weighted by Gasteiger charge is -2.68. The van der Waals surface area contributed by atoms with Crippen LogP contribution in [0, 0.1) is 28.6 Å². The van der Waals surface area contributed by atoms with Crippen LogP contribution in [0.1, 0.15) is 72.6 Å². The predicted octanol–water partition coefficient (Wildman–Crippen LogP) is 1.35. The Hall–Kier alpha value is -2.50. The highest BCUT2D eigenvalue weighted by molar-refractivity contribution is 5.85. The summed E-state index contributed by atoms with van der Waals surface area (Å²) in [6.45, 7) is 5.54. The average molecular weight is 565 g/mol. The molecule has 0 aromatic heterocycles. The third-order valence-electron chi connectivity index (χ3n) is 10.9. The van der Waals surface area contributed by atoms with Gasteiger partial charge in [-0.2, -0.15) is 0 Å². The smallest absolute Gasteiger partial charge is 0.331 e. The van der Waals surface area contributed by atoms with Crippen molar-refractivity contribution in [3.05, 3.63) is 11.6 Å². The fourth-order valence-corrected chi connectivity index (χ4v) is 9.47. The molecule has 222 valence electrons. The summed E-state index contributed by atoms with van der Waals surface area (Å²) in [6, 6.07) is 0. The van der Waals surface area contributed by atoms with Crippen molar-refractivity contribution in [2.45, 2.75) is 102 Å². The number of ether oxygens (including phenoxy) is 4. The highest BCUT2D eigenvalue weighted by atomic mass is 16.6. The Morgan fingerprint density at radius 2 is 1.73 bits per heavy atom. The molecule has 0 saturated heterocycles. The summed E-state index contributed by atoms with van der Waals surface area (Å²) >= 11 is 0. The van der Waals surface area contributed by atoms with Crippen LogP contribution < -0.4 is 0 Å². The molecule has 1 heterocycles. The van der Waals surface area contributed by atoms with E-state index in [0.717, 1.165) is 5.57 Å². The van der Waals surface area contributed by atoms with E-state index in [1.165, 1.54) is 26.8 Å². The van der Waals surface area contributed by atoms with Gasteiger partial charge in [0.1, 0.15) is 25.4 Å². The van der Waals surface area contributed by atoms with Crippen molar-refractivity contribution in [1.82, 2.24) is 0 Å². The van der Waals surface area contributed by atoms with Crippen molar-refractivity contribution in [2.75, 3.05) is 13.2 Å². The Balaban J connectivity index is 1.63. The van der Waals surface area contributed by atoms with Crippen LogP contribution in [0.15, 0.2) is 11.6 Å². The number of fused-ring (bicyclic) bond motifs is 5. The zero-order valence-corrected chi connectivity index (χ0v) is 23.5. The summed E-state index contributed by atoms with van der Waals surface area (Å²) in [4.78, 5) is 48.2. The van der Waals surface area contributed by atoms with E-state index in [4.69, 9.17) is 18.9 Å². The minimum atomic E-state index is -1.64. The minimum Gasteiger partial charge on any atom is -0.465 e. The van der Waals surface area contributed by atoms with E-state index in [9.17, 15) is 34.5 Å². The average Bonchev–Trinajstić information content (AvgIpc) is 3.37. The van der Waals surface area contributed by atoms with Gasteiger partial charge in [-0.05, 0) is 49.5 Å². The lowest BCUT2D eigenvalue weighted by molar-refractivity contribution is -0.319. The molecule has 11 nitrogen and oxygen atoms in total. The molecule has 0 bridgehead atoms. The van der Waals surface area contributed by atoms with Gasteiger partial charge in [-0.3, -0.25) is 14.4 Å². The maximum atomic E-state index is 12.6. The van der Waals surface area contributed by atoms with Gasteiger partial charge in [0, 0.05) is 51.0 Å². The molecule has 10 atom stereocenters. The van der Waals surface area contributed by atoms with Crippen LogP contribution >= 0.6 is 0 Å². The Morgan fingerprint density at radius 1 is 1.02 bits per heavy atom. The first-order chi connectivity index (χ1) is 18.7. The number of aliphatic hydroxyl groups is 3. The topological polar surface area (TPSA) is 166 Å². The zero-order valence-electron chi connectivity index (χ0n) is 23.5. The molecule has 5 rings (SSSR count). The summed E-state index contributed by atoms with van der Waals surface area (Å²) in [5, 5.41) is 36.7. The fraction of sp³-hybridized carbons (Fsp3) is 0.793. The maximum absolute atomic E-state index is 12.6. The largest absolute Gasteiger partial charge is 0.465 e. The number of hydrogen-bond donors (Lipinski definition) is 3. The Kier molecular flexibility index (Phi) is 7.11. The van der Waals surface area contributed by atoms with Crippen LogP contribution in [0.25, 0.3) is 0 Å². The van der Waals surface area contributed by atoms with Gasteiger partial charge >= 0.3 is 23.9 Å². The predicted molar refractivity (Wildman–Crippen MR) is 136 cm³/mol. The van der Waals surface area contributed by atoms with Gasteiger partial charge in [0.25, 0.3) is 0 Å². The van der Waals surface area contributed by atoms with E-state index in [-0.39, 0.29) is 44.8 Å². The molecule has 0 amide bonds. The van der Waals surface area contributed by atoms with Gasteiger partial charge in [0.15, 0.2) is 0 Å². The van der Waals surface area contributed by atoms with Crippen LogP contribution in [0.2, 0.25) is 0 Å². The molecule has 3 N–H and O–H groups in total. The van der Waals surface area contributed by atoms with E-state index in [1.807, 2.05) is 6.92 Å². The van der Waals surface area contributed by atoms with Gasteiger partial charge < -0.3 is 34.3 Å². The molecule has 5 aliphatic rings. The van der Waals surface area contributed by atoms with E-state index in [1.54, 1.807) is 0 Å². The molecule has 1 aliphatic heterocycles. The number of rotatable bonds is 5. The van der Waals surface area contributed by atoms with E-state index in [2.05, 4.69) is 0 Å². The molecule has 0 spiro atoms.